The van der Waals surface area contributed by atoms with Gasteiger partial charge in [-0.05, 0) is 62.8 Å². The molecule has 0 aromatic carbocycles. The highest BCUT2D eigenvalue weighted by Crippen LogP contribution is 2.32. The highest BCUT2D eigenvalue weighted by molar-refractivity contribution is 5.17. The molecule has 1 fully saturated rings. The average Bonchev–Trinajstić information content (AvgIpc) is 2.49. The molecule has 1 aliphatic rings. The molecule has 2 atom stereocenters. The summed E-state index contributed by atoms with van der Waals surface area (Å²) in [5.74, 6) is 0.888. The van der Waals surface area contributed by atoms with E-state index in [-0.39, 0.29) is 6.04 Å². The van der Waals surface area contributed by atoms with E-state index in [0.717, 1.165) is 12.3 Å². The van der Waals surface area contributed by atoms with E-state index in [1.165, 1.54) is 31.2 Å². The molecule has 20 heavy (non-hydrogen) atoms. The van der Waals surface area contributed by atoms with Crippen LogP contribution in [0.15, 0.2) is 24.5 Å². The number of rotatable bonds is 5. The predicted molar refractivity (Wildman–Crippen MR) is 84.4 cm³/mol. The number of likely N-dealkylation sites (N-methyl/N-ethyl adjacent to an activating group) is 1. The monoisotopic (exact) mass is 275 g/mol. The van der Waals surface area contributed by atoms with Gasteiger partial charge >= 0.3 is 0 Å². The van der Waals surface area contributed by atoms with Crippen molar-refractivity contribution in [2.45, 2.75) is 64.1 Å². The largest absolute Gasteiger partial charge is 0.326 e. The summed E-state index contributed by atoms with van der Waals surface area (Å²) < 4.78 is 0. The Bertz CT molecular complexity index is 384. The van der Waals surface area contributed by atoms with E-state index < -0.39 is 0 Å². The molecule has 1 aromatic rings. The van der Waals surface area contributed by atoms with Gasteiger partial charge in [-0.1, -0.05) is 13.8 Å². The van der Waals surface area contributed by atoms with Gasteiger partial charge in [0.15, 0.2) is 0 Å². The molecule has 3 heteroatoms. The molecule has 0 amide bonds. The molecule has 0 bridgehead atoms. The Kier molecular flexibility index (Phi) is 5.55. The van der Waals surface area contributed by atoms with Gasteiger partial charge in [0.1, 0.15) is 0 Å². The normalized spacial score (nSPS) is 26.4. The minimum Gasteiger partial charge on any atom is -0.326 e. The van der Waals surface area contributed by atoms with Crippen molar-refractivity contribution in [1.29, 1.82) is 0 Å². The number of hydrogen-bond acceptors (Lipinski definition) is 3. The molecular formula is C17H29N3. The summed E-state index contributed by atoms with van der Waals surface area (Å²) >= 11 is 0. The van der Waals surface area contributed by atoms with Crippen molar-refractivity contribution in [1.82, 2.24) is 9.88 Å². The molecule has 3 nitrogen and oxygen atoms in total. The third-order valence-corrected chi connectivity index (χ3v) is 4.92. The molecule has 0 saturated heterocycles. The first kappa shape index (κ1) is 15.5. The van der Waals surface area contributed by atoms with Gasteiger partial charge in [0.25, 0.3) is 0 Å². The predicted octanol–water partition coefficient (Wildman–Crippen LogP) is 3.37. The van der Waals surface area contributed by atoms with E-state index in [2.05, 4.69) is 42.9 Å². The molecule has 112 valence electrons. The maximum absolute atomic E-state index is 6.42. The van der Waals surface area contributed by atoms with E-state index in [9.17, 15) is 0 Å². The van der Waals surface area contributed by atoms with Gasteiger partial charge in [0.05, 0.1) is 0 Å². The fourth-order valence-electron chi connectivity index (χ4n) is 3.45. The van der Waals surface area contributed by atoms with E-state index in [0.29, 0.717) is 12.1 Å². The highest BCUT2D eigenvalue weighted by atomic mass is 15.2. The fourth-order valence-corrected chi connectivity index (χ4v) is 3.45. The van der Waals surface area contributed by atoms with Gasteiger partial charge in [-0.15, -0.1) is 0 Å². The van der Waals surface area contributed by atoms with Crippen LogP contribution in [0, 0.1) is 5.92 Å². The Morgan fingerprint density at radius 3 is 2.40 bits per heavy atom. The zero-order valence-corrected chi connectivity index (χ0v) is 13.1. The number of aromatic nitrogens is 1. The summed E-state index contributed by atoms with van der Waals surface area (Å²) in [4.78, 5) is 6.66. The van der Waals surface area contributed by atoms with E-state index in [1.807, 2.05) is 12.4 Å². The van der Waals surface area contributed by atoms with E-state index in [1.54, 1.807) is 0 Å². The molecule has 0 aliphatic heterocycles. The first-order chi connectivity index (χ1) is 9.63. The Morgan fingerprint density at radius 2 is 1.85 bits per heavy atom. The molecule has 2 unspecified atom stereocenters. The summed E-state index contributed by atoms with van der Waals surface area (Å²) in [6, 6.07) is 5.38. The second-order valence-corrected chi connectivity index (χ2v) is 6.38. The Labute approximate surface area is 123 Å². The van der Waals surface area contributed by atoms with Crippen molar-refractivity contribution >= 4 is 0 Å². The maximum Gasteiger partial charge on any atom is 0.0500 e. The summed E-state index contributed by atoms with van der Waals surface area (Å²) in [5, 5.41) is 0. The third-order valence-electron chi connectivity index (χ3n) is 4.92. The lowest BCUT2D eigenvalue weighted by molar-refractivity contribution is 0.107. The SMILES string of the molecule is CCC(N)C(c1ccncc1)N(C)C1CCC(C)CC1. The van der Waals surface area contributed by atoms with Crippen molar-refractivity contribution in [3.63, 3.8) is 0 Å². The number of nitrogens with two attached hydrogens (primary N) is 1. The van der Waals surface area contributed by atoms with Crippen LogP contribution in [0.4, 0.5) is 0 Å². The molecular weight excluding hydrogens is 246 g/mol. The second kappa shape index (κ2) is 7.19. The maximum atomic E-state index is 6.42. The molecule has 1 aliphatic carbocycles. The second-order valence-electron chi connectivity index (χ2n) is 6.38. The smallest absolute Gasteiger partial charge is 0.0500 e. The number of nitrogens with zero attached hydrogens (tertiary/aromatic N) is 2. The van der Waals surface area contributed by atoms with Gasteiger partial charge in [-0.2, -0.15) is 0 Å². The Hall–Kier alpha value is -0.930. The van der Waals surface area contributed by atoms with Gasteiger partial charge in [0, 0.05) is 30.5 Å². The minimum atomic E-state index is 0.182. The van der Waals surface area contributed by atoms with Crippen molar-refractivity contribution in [3.8, 4) is 0 Å². The van der Waals surface area contributed by atoms with Crippen LogP contribution in [0.1, 0.15) is 57.6 Å². The van der Waals surface area contributed by atoms with Gasteiger partial charge in [-0.3, -0.25) is 9.88 Å². The quantitative estimate of drug-likeness (QED) is 0.896. The van der Waals surface area contributed by atoms with Crippen LogP contribution < -0.4 is 5.73 Å². The molecule has 0 radical (unpaired) electrons. The summed E-state index contributed by atoms with van der Waals surface area (Å²) in [6.45, 7) is 4.55. The standard InChI is InChI=1S/C17H29N3/c1-4-16(18)17(14-9-11-19-12-10-14)20(3)15-7-5-13(2)6-8-15/h9-13,15-17H,4-8,18H2,1-3H3. The zero-order chi connectivity index (χ0) is 14.5. The third kappa shape index (κ3) is 3.58. The van der Waals surface area contributed by atoms with Crippen molar-refractivity contribution in [3.05, 3.63) is 30.1 Å². The molecule has 1 aromatic heterocycles. The van der Waals surface area contributed by atoms with Crippen LogP contribution in [-0.4, -0.2) is 29.0 Å². The highest BCUT2D eigenvalue weighted by Gasteiger charge is 2.30. The van der Waals surface area contributed by atoms with Crippen LogP contribution in [0.2, 0.25) is 0 Å². The molecule has 2 rings (SSSR count). The van der Waals surface area contributed by atoms with E-state index in [4.69, 9.17) is 5.73 Å². The van der Waals surface area contributed by atoms with E-state index >= 15 is 0 Å². The summed E-state index contributed by atoms with van der Waals surface area (Å²) in [6.07, 6.45) is 10.0. The molecule has 2 N–H and O–H groups in total. The topological polar surface area (TPSA) is 42.1 Å². The van der Waals surface area contributed by atoms with Gasteiger partial charge in [-0.25, -0.2) is 0 Å². The molecule has 1 saturated carbocycles. The number of hydrogen-bond donors (Lipinski definition) is 1. The number of pyridine rings is 1. The van der Waals surface area contributed by atoms with Crippen LogP contribution in [0.3, 0.4) is 0 Å². The molecule has 0 spiro atoms. The summed E-state index contributed by atoms with van der Waals surface area (Å²) in [5.41, 5.74) is 7.72. The van der Waals surface area contributed by atoms with Crippen LogP contribution in [0.25, 0.3) is 0 Å². The van der Waals surface area contributed by atoms with Crippen LogP contribution in [-0.2, 0) is 0 Å². The Morgan fingerprint density at radius 1 is 1.25 bits per heavy atom. The van der Waals surface area contributed by atoms with Crippen LogP contribution >= 0.6 is 0 Å². The van der Waals surface area contributed by atoms with Crippen LogP contribution in [0.5, 0.6) is 0 Å². The fraction of sp³-hybridized carbons (Fsp3) is 0.706. The zero-order valence-electron chi connectivity index (χ0n) is 13.1. The van der Waals surface area contributed by atoms with Crippen molar-refractivity contribution in [2.24, 2.45) is 11.7 Å². The minimum absolute atomic E-state index is 0.182. The Balaban J connectivity index is 2.14. The summed E-state index contributed by atoms with van der Waals surface area (Å²) in [7, 11) is 2.25. The lowest BCUT2D eigenvalue weighted by Crippen LogP contribution is -2.45. The van der Waals surface area contributed by atoms with Gasteiger partial charge in [0.2, 0.25) is 0 Å². The first-order valence-electron chi connectivity index (χ1n) is 8.01. The van der Waals surface area contributed by atoms with Gasteiger partial charge < -0.3 is 5.73 Å². The average molecular weight is 275 g/mol. The lowest BCUT2D eigenvalue weighted by atomic mass is 9.85. The van der Waals surface area contributed by atoms with Crippen molar-refractivity contribution in [2.75, 3.05) is 7.05 Å². The lowest BCUT2D eigenvalue weighted by Gasteiger charge is -2.41. The van der Waals surface area contributed by atoms with Crippen molar-refractivity contribution < 1.29 is 0 Å². The first-order valence-corrected chi connectivity index (χ1v) is 8.01. The molecule has 1 heterocycles.